The van der Waals surface area contributed by atoms with Gasteiger partial charge in [0.15, 0.2) is 5.82 Å². The van der Waals surface area contributed by atoms with Gasteiger partial charge in [0.05, 0.1) is 10.7 Å². The van der Waals surface area contributed by atoms with Gasteiger partial charge >= 0.3 is 0 Å². The Labute approximate surface area is 129 Å². The van der Waals surface area contributed by atoms with Crippen LogP contribution in [0.5, 0.6) is 0 Å². The standard InChI is InChI=1S/C13H13ClIN3O/c1-13(2,3)10-9(15)12(19)18-11(17-10)8-5-4-7(14)6-16-8/h4-6H,1-3H3,(H,17,18,19). The van der Waals surface area contributed by atoms with Crippen LogP contribution in [0, 0.1) is 3.57 Å². The molecule has 19 heavy (non-hydrogen) atoms. The molecule has 0 amide bonds. The van der Waals surface area contributed by atoms with Crippen LogP contribution in [0.4, 0.5) is 0 Å². The highest BCUT2D eigenvalue weighted by molar-refractivity contribution is 14.1. The van der Waals surface area contributed by atoms with E-state index in [9.17, 15) is 4.79 Å². The zero-order chi connectivity index (χ0) is 14.2. The third kappa shape index (κ3) is 3.14. The molecule has 2 rings (SSSR count). The second-order valence-electron chi connectivity index (χ2n) is 5.19. The molecule has 0 aliphatic carbocycles. The Hall–Kier alpha value is -0.950. The Morgan fingerprint density at radius 3 is 2.53 bits per heavy atom. The molecule has 0 aliphatic rings. The molecule has 2 heterocycles. The molecule has 4 nitrogen and oxygen atoms in total. The summed E-state index contributed by atoms with van der Waals surface area (Å²) in [6, 6.07) is 3.46. The van der Waals surface area contributed by atoms with Crippen molar-refractivity contribution < 1.29 is 0 Å². The number of aromatic nitrogens is 3. The maximum absolute atomic E-state index is 12.0. The van der Waals surface area contributed by atoms with Crippen LogP contribution >= 0.6 is 34.2 Å². The zero-order valence-electron chi connectivity index (χ0n) is 10.8. The largest absolute Gasteiger partial charge is 0.304 e. The Morgan fingerprint density at radius 2 is 2.00 bits per heavy atom. The first-order chi connectivity index (χ1) is 8.79. The van der Waals surface area contributed by atoms with E-state index < -0.39 is 0 Å². The molecule has 2 aromatic rings. The lowest BCUT2D eigenvalue weighted by Crippen LogP contribution is -2.24. The first-order valence-corrected chi connectivity index (χ1v) is 7.17. The average molecular weight is 390 g/mol. The molecular formula is C13H13ClIN3O. The van der Waals surface area contributed by atoms with Crippen LogP contribution in [0.1, 0.15) is 26.5 Å². The van der Waals surface area contributed by atoms with Crippen LogP contribution in [-0.4, -0.2) is 15.0 Å². The van der Waals surface area contributed by atoms with Crippen molar-refractivity contribution in [2.24, 2.45) is 0 Å². The minimum absolute atomic E-state index is 0.146. The van der Waals surface area contributed by atoms with Gasteiger partial charge in [-0.1, -0.05) is 32.4 Å². The molecule has 100 valence electrons. The average Bonchev–Trinajstić information content (AvgIpc) is 2.32. The van der Waals surface area contributed by atoms with Crippen molar-refractivity contribution in [1.29, 1.82) is 0 Å². The Balaban J connectivity index is 2.63. The van der Waals surface area contributed by atoms with Crippen molar-refractivity contribution in [3.05, 3.63) is 43.0 Å². The number of hydrogen-bond acceptors (Lipinski definition) is 3. The van der Waals surface area contributed by atoms with Gasteiger partial charge in [-0.05, 0) is 34.7 Å². The van der Waals surface area contributed by atoms with Gasteiger partial charge < -0.3 is 4.98 Å². The van der Waals surface area contributed by atoms with Crippen molar-refractivity contribution >= 4 is 34.2 Å². The van der Waals surface area contributed by atoms with E-state index in [2.05, 4.69) is 15.0 Å². The highest BCUT2D eigenvalue weighted by Gasteiger charge is 2.22. The third-order valence-electron chi connectivity index (χ3n) is 2.54. The quantitative estimate of drug-likeness (QED) is 0.761. The van der Waals surface area contributed by atoms with E-state index in [4.69, 9.17) is 11.6 Å². The van der Waals surface area contributed by atoms with Crippen molar-refractivity contribution in [3.8, 4) is 11.5 Å². The fraction of sp³-hybridized carbons (Fsp3) is 0.308. The second-order valence-corrected chi connectivity index (χ2v) is 6.70. The highest BCUT2D eigenvalue weighted by atomic mass is 127. The number of hydrogen-bond donors (Lipinski definition) is 1. The molecule has 0 unspecified atom stereocenters. The van der Waals surface area contributed by atoms with E-state index in [0.29, 0.717) is 20.1 Å². The van der Waals surface area contributed by atoms with Crippen LogP contribution in [-0.2, 0) is 5.41 Å². The molecule has 0 aromatic carbocycles. The number of H-pyrrole nitrogens is 1. The highest BCUT2D eigenvalue weighted by Crippen LogP contribution is 2.25. The lowest BCUT2D eigenvalue weighted by molar-refractivity contribution is 0.562. The van der Waals surface area contributed by atoms with Gasteiger partial charge in [-0.15, -0.1) is 0 Å². The summed E-state index contributed by atoms with van der Waals surface area (Å²) in [5.41, 5.74) is 1.02. The molecule has 0 radical (unpaired) electrons. The van der Waals surface area contributed by atoms with Gasteiger partial charge in [0.1, 0.15) is 9.26 Å². The fourth-order valence-electron chi connectivity index (χ4n) is 1.59. The van der Waals surface area contributed by atoms with Gasteiger partial charge in [-0.25, -0.2) is 4.98 Å². The van der Waals surface area contributed by atoms with Crippen molar-refractivity contribution in [2.45, 2.75) is 26.2 Å². The van der Waals surface area contributed by atoms with E-state index in [1.165, 1.54) is 6.20 Å². The Kier molecular flexibility index (Phi) is 3.96. The molecule has 0 bridgehead atoms. The first kappa shape index (κ1) is 14.5. The lowest BCUT2D eigenvalue weighted by atomic mass is 9.92. The summed E-state index contributed by atoms with van der Waals surface area (Å²) in [6.45, 7) is 6.07. The number of aromatic amines is 1. The van der Waals surface area contributed by atoms with Gasteiger partial charge in [-0.2, -0.15) is 0 Å². The van der Waals surface area contributed by atoms with Gasteiger partial charge in [0, 0.05) is 11.6 Å². The molecule has 1 N–H and O–H groups in total. The maximum Gasteiger partial charge on any atom is 0.264 e. The van der Waals surface area contributed by atoms with Crippen LogP contribution in [0.25, 0.3) is 11.5 Å². The van der Waals surface area contributed by atoms with Crippen molar-refractivity contribution in [2.75, 3.05) is 0 Å². The first-order valence-electron chi connectivity index (χ1n) is 5.71. The third-order valence-corrected chi connectivity index (χ3v) is 3.77. The molecule has 0 atom stereocenters. The molecular weight excluding hydrogens is 377 g/mol. The van der Waals surface area contributed by atoms with Crippen LogP contribution < -0.4 is 5.56 Å². The smallest absolute Gasteiger partial charge is 0.264 e. The van der Waals surface area contributed by atoms with Crippen LogP contribution in [0.2, 0.25) is 5.02 Å². The summed E-state index contributed by atoms with van der Waals surface area (Å²) in [5, 5.41) is 0.549. The summed E-state index contributed by atoms with van der Waals surface area (Å²) < 4.78 is 0.614. The second kappa shape index (κ2) is 5.20. The van der Waals surface area contributed by atoms with E-state index >= 15 is 0 Å². The van der Waals surface area contributed by atoms with E-state index in [1.54, 1.807) is 12.1 Å². The fourth-order valence-corrected chi connectivity index (χ4v) is 2.77. The number of nitrogens with zero attached hydrogens (tertiary/aromatic N) is 2. The number of rotatable bonds is 1. The van der Waals surface area contributed by atoms with Crippen LogP contribution in [0.3, 0.4) is 0 Å². The zero-order valence-corrected chi connectivity index (χ0v) is 13.7. The number of pyridine rings is 1. The number of nitrogens with one attached hydrogen (secondary N) is 1. The molecule has 0 aliphatic heterocycles. The van der Waals surface area contributed by atoms with Gasteiger partial charge in [0.25, 0.3) is 5.56 Å². The summed E-state index contributed by atoms with van der Waals surface area (Å²) in [5.74, 6) is 0.465. The molecule has 6 heteroatoms. The normalized spacial score (nSPS) is 11.6. The minimum atomic E-state index is -0.202. The summed E-state index contributed by atoms with van der Waals surface area (Å²) in [6.07, 6.45) is 1.53. The monoisotopic (exact) mass is 389 g/mol. The topological polar surface area (TPSA) is 58.6 Å². The van der Waals surface area contributed by atoms with Crippen LogP contribution in [0.15, 0.2) is 23.1 Å². The molecule has 2 aromatic heterocycles. The van der Waals surface area contributed by atoms with Gasteiger partial charge in [0.2, 0.25) is 0 Å². The van der Waals surface area contributed by atoms with Gasteiger partial charge in [-0.3, -0.25) is 9.78 Å². The molecule has 0 fully saturated rings. The van der Waals surface area contributed by atoms with Crippen molar-refractivity contribution in [3.63, 3.8) is 0 Å². The predicted molar refractivity (Wildman–Crippen MR) is 84.5 cm³/mol. The van der Waals surface area contributed by atoms with Crippen molar-refractivity contribution in [1.82, 2.24) is 15.0 Å². The predicted octanol–water partition coefficient (Wildman–Crippen LogP) is 3.39. The van der Waals surface area contributed by atoms with E-state index in [1.807, 2.05) is 43.4 Å². The summed E-state index contributed by atoms with van der Waals surface area (Å²) in [4.78, 5) is 23.4. The molecule has 0 saturated carbocycles. The molecule has 0 spiro atoms. The number of halogens is 2. The Morgan fingerprint density at radius 1 is 1.32 bits per heavy atom. The lowest BCUT2D eigenvalue weighted by Gasteiger charge is -2.19. The molecule has 0 saturated heterocycles. The maximum atomic E-state index is 12.0. The summed E-state index contributed by atoms with van der Waals surface area (Å²) in [7, 11) is 0. The Bertz CT molecular complexity index is 659. The minimum Gasteiger partial charge on any atom is -0.304 e. The summed E-state index contributed by atoms with van der Waals surface area (Å²) >= 11 is 7.83. The SMILES string of the molecule is CC(C)(C)c1nc(-c2ccc(Cl)cn2)[nH]c(=O)c1I. The van der Waals surface area contributed by atoms with E-state index in [-0.39, 0.29) is 11.0 Å². The van der Waals surface area contributed by atoms with E-state index in [0.717, 1.165) is 5.69 Å².